The van der Waals surface area contributed by atoms with Gasteiger partial charge in [0.15, 0.2) is 0 Å². The van der Waals surface area contributed by atoms with Gasteiger partial charge in [-0.15, -0.1) is 10.2 Å². The summed E-state index contributed by atoms with van der Waals surface area (Å²) in [6, 6.07) is 0.533. The van der Waals surface area contributed by atoms with E-state index in [1.54, 1.807) is 0 Å². The Hall–Kier alpha value is -0.900. The van der Waals surface area contributed by atoms with Gasteiger partial charge in [-0.1, -0.05) is 41.5 Å². The maximum atomic E-state index is 5.71. The molecule has 1 N–H and O–H groups in total. The summed E-state index contributed by atoms with van der Waals surface area (Å²) in [7, 11) is 0. The van der Waals surface area contributed by atoms with Crippen LogP contribution in [0.1, 0.15) is 59.7 Å². The number of hydrogen-bond donors (Lipinski definition) is 1. The molecule has 0 saturated heterocycles. The van der Waals surface area contributed by atoms with Gasteiger partial charge in [0.2, 0.25) is 11.8 Å². The predicted octanol–water partition coefficient (Wildman–Crippen LogP) is 3.22. The van der Waals surface area contributed by atoms with Gasteiger partial charge < -0.3 is 9.73 Å². The maximum Gasteiger partial charge on any atom is 0.216 e. The van der Waals surface area contributed by atoms with Crippen LogP contribution in [0.15, 0.2) is 4.42 Å². The summed E-state index contributed by atoms with van der Waals surface area (Å²) < 4.78 is 5.71. The highest BCUT2D eigenvalue weighted by Crippen LogP contribution is 2.28. The minimum Gasteiger partial charge on any atom is -0.425 e. The van der Waals surface area contributed by atoms with E-state index in [2.05, 4.69) is 57.1 Å². The molecule has 110 valence electrons. The Morgan fingerprint density at radius 2 is 1.74 bits per heavy atom. The second-order valence-corrected chi connectivity index (χ2v) is 6.77. The van der Waals surface area contributed by atoms with Gasteiger partial charge in [-0.05, 0) is 24.3 Å². The molecular weight excluding hydrogens is 238 g/mol. The molecule has 19 heavy (non-hydrogen) atoms. The highest BCUT2D eigenvalue weighted by atomic mass is 16.4. The molecule has 1 heterocycles. The lowest BCUT2D eigenvalue weighted by molar-refractivity contribution is 0.243. The predicted molar refractivity (Wildman–Crippen MR) is 78.1 cm³/mol. The van der Waals surface area contributed by atoms with Crippen molar-refractivity contribution in [2.45, 2.75) is 66.8 Å². The number of rotatable bonds is 7. The first kappa shape index (κ1) is 16.2. The van der Waals surface area contributed by atoms with Crippen LogP contribution in [0.5, 0.6) is 0 Å². The molecule has 1 aromatic heterocycles. The van der Waals surface area contributed by atoms with E-state index in [0.29, 0.717) is 12.0 Å². The molecule has 0 saturated carbocycles. The lowest BCUT2D eigenvalue weighted by Gasteiger charge is -2.25. The zero-order valence-electron chi connectivity index (χ0n) is 13.3. The summed E-state index contributed by atoms with van der Waals surface area (Å²) in [6.07, 6.45) is 2.76. The number of nitrogens with zero attached hydrogens (tertiary/aromatic N) is 2. The molecule has 0 aromatic carbocycles. The maximum absolute atomic E-state index is 5.71. The number of hydrogen-bond acceptors (Lipinski definition) is 4. The van der Waals surface area contributed by atoms with E-state index in [-0.39, 0.29) is 5.41 Å². The first-order valence-corrected chi connectivity index (χ1v) is 7.33. The zero-order chi connectivity index (χ0) is 14.5. The van der Waals surface area contributed by atoms with Crippen LogP contribution in [0.2, 0.25) is 0 Å². The lowest BCUT2D eigenvalue weighted by atomic mass is 9.80. The molecule has 0 aliphatic carbocycles. The van der Waals surface area contributed by atoms with E-state index >= 15 is 0 Å². The molecule has 1 unspecified atom stereocenters. The molecule has 0 radical (unpaired) electrons. The molecule has 0 spiro atoms. The first-order chi connectivity index (χ1) is 8.79. The van der Waals surface area contributed by atoms with E-state index in [9.17, 15) is 0 Å². The molecule has 4 nitrogen and oxygen atoms in total. The van der Waals surface area contributed by atoms with Gasteiger partial charge in [0.1, 0.15) is 0 Å². The molecule has 1 aromatic rings. The third kappa shape index (κ3) is 6.19. The van der Waals surface area contributed by atoms with Crippen molar-refractivity contribution in [3.05, 3.63) is 11.8 Å². The Morgan fingerprint density at radius 1 is 1.11 bits per heavy atom. The standard InChI is InChI=1S/C15H29N3O/c1-11(2)16-9-7-8-13-17-18-14(19-13)10-12(3)15(4,5)6/h11-12,16H,7-10H2,1-6H3. The van der Waals surface area contributed by atoms with Gasteiger partial charge in [0.05, 0.1) is 0 Å². The van der Waals surface area contributed by atoms with Crippen LogP contribution in [0.25, 0.3) is 0 Å². The Morgan fingerprint density at radius 3 is 2.32 bits per heavy atom. The fourth-order valence-corrected chi connectivity index (χ4v) is 1.67. The average Bonchev–Trinajstić information content (AvgIpc) is 2.70. The Kier molecular flexibility index (Phi) is 5.98. The minimum atomic E-state index is 0.274. The van der Waals surface area contributed by atoms with Gasteiger partial charge in [0, 0.05) is 18.9 Å². The molecule has 1 atom stereocenters. The molecule has 4 heteroatoms. The van der Waals surface area contributed by atoms with Crippen LogP contribution in [-0.4, -0.2) is 22.8 Å². The summed E-state index contributed by atoms with van der Waals surface area (Å²) in [5.41, 5.74) is 0.274. The van der Waals surface area contributed by atoms with Crippen molar-refractivity contribution in [3.8, 4) is 0 Å². The molecule has 0 fully saturated rings. The van der Waals surface area contributed by atoms with Crippen LogP contribution < -0.4 is 5.32 Å². The van der Waals surface area contributed by atoms with E-state index in [1.807, 2.05) is 0 Å². The van der Waals surface area contributed by atoms with Crippen LogP contribution in [-0.2, 0) is 12.8 Å². The topological polar surface area (TPSA) is 51.0 Å². The second-order valence-electron chi connectivity index (χ2n) is 6.77. The van der Waals surface area contributed by atoms with Crippen LogP contribution >= 0.6 is 0 Å². The van der Waals surface area contributed by atoms with Crippen LogP contribution in [0.4, 0.5) is 0 Å². The lowest BCUT2D eigenvalue weighted by Crippen LogP contribution is -2.23. The van der Waals surface area contributed by atoms with E-state index in [0.717, 1.165) is 37.6 Å². The fraction of sp³-hybridized carbons (Fsp3) is 0.867. The minimum absolute atomic E-state index is 0.274. The summed E-state index contributed by atoms with van der Waals surface area (Å²) in [5, 5.41) is 11.7. The number of aromatic nitrogens is 2. The number of nitrogens with one attached hydrogen (secondary N) is 1. The van der Waals surface area contributed by atoms with Crippen molar-refractivity contribution in [2.75, 3.05) is 6.54 Å². The van der Waals surface area contributed by atoms with E-state index in [1.165, 1.54) is 0 Å². The SMILES string of the molecule is CC(C)NCCCc1nnc(CC(C)C(C)(C)C)o1. The normalized spacial score (nSPS) is 14.1. The Labute approximate surface area is 117 Å². The second kappa shape index (κ2) is 7.04. The largest absolute Gasteiger partial charge is 0.425 e. The monoisotopic (exact) mass is 267 g/mol. The summed E-state index contributed by atoms with van der Waals surface area (Å²) in [6.45, 7) is 14.3. The van der Waals surface area contributed by atoms with Crippen LogP contribution in [0, 0.1) is 11.3 Å². The van der Waals surface area contributed by atoms with Crippen molar-refractivity contribution in [1.29, 1.82) is 0 Å². The van der Waals surface area contributed by atoms with Gasteiger partial charge in [-0.2, -0.15) is 0 Å². The van der Waals surface area contributed by atoms with Crippen molar-refractivity contribution in [1.82, 2.24) is 15.5 Å². The molecule has 0 aliphatic heterocycles. The van der Waals surface area contributed by atoms with Crippen molar-refractivity contribution in [2.24, 2.45) is 11.3 Å². The zero-order valence-corrected chi connectivity index (χ0v) is 13.3. The highest BCUT2D eigenvalue weighted by molar-refractivity contribution is 4.86. The number of aryl methyl sites for hydroxylation is 1. The molecule has 1 rings (SSSR count). The van der Waals surface area contributed by atoms with E-state index in [4.69, 9.17) is 4.42 Å². The van der Waals surface area contributed by atoms with Gasteiger partial charge in [-0.25, -0.2) is 0 Å². The van der Waals surface area contributed by atoms with Crippen molar-refractivity contribution < 1.29 is 4.42 Å². The van der Waals surface area contributed by atoms with Crippen molar-refractivity contribution in [3.63, 3.8) is 0 Å². The van der Waals surface area contributed by atoms with Gasteiger partial charge in [0.25, 0.3) is 0 Å². The fourth-order valence-electron chi connectivity index (χ4n) is 1.67. The Balaban J connectivity index is 2.36. The third-order valence-corrected chi connectivity index (χ3v) is 3.59. The quantitative estimate of drug-likeness (QED) is 0.771. The first-order valence-electron chi connectivity index (χ1n) is 7.33. The average molecular weight is 267 g/mol. The summed E-state index contributed by atoms with van der Waals surface area (Å²) in [4.78, 5) is 0. The molecular formula is C15H29N3O. The molecule has 0 amide bonds. The van der Waals surface area contributed by atoms with Gasteiger partial charge >= 0.3 is 0 Å². The smallest absolute Gasteiger partial charge is 0.216 e. The summed E-state index contributed by atoms with van der Waals surface area (Å²) in [5.74, 6) is 2.07. The Bertz CT molecular complexity index is 366. The summed E-state index contributed by atoms with van der Waals surface area (Å²) >= 11 is 0. The molecule has 0 bridgehead atoms. The van der Waals surface area contributed by atoms with Crippen LogP contribution in [0.3, 0.4) is 0 Å². The molecule has 0 aliphatic rings. The highest BCUT2D eigenvalue weighted by Gasteiger charge is 2.22. The van der Waals surface area contributed by atoms with E-state index < -0.39 is 0 Å². The third-order valence-electron chi connectivity index (χ3n) is 3.59. The van der Waals surface area contributed by atoms with Gasteiger partial charge in [-0.3, -0.25) is 0 Å². The van der Waals surface area contributed by atoms with Crippen molar-refractivity contribution >= 4 is 0 Å².